The Bertz CT molecular complexity index is 1350. The zero-order chi connectivity index (χ0) is 20.7. The lowest BCUT2D eigenvalue weighted by atomic mass is 10.0. The van der Waals surface area contributed by atoms with E-state index < -0.39 is 12.0 Å². The molecule has 0 unspecified atom stereocenters. The van der Waals surface area contributed by atoms with Crippen LogP contribution in [0.5, 0.6) is 0 Å². The molecule has 3 aromatic rings. The molecule has 0 radical (unpaired) electrons. The fraction of sp³-hybridized carbons (Fsp3) is 0.0909. The lowest BCUT2D eigenvalue weighted by Gasteiger charge is -2.21. The second-order valence-corrected chi connectivity index (χ2v) is 6.88. The maximum atomic E-state index is 12.4. The van der Waals surface area contributed by atoms with Crippen LogP contribution in [0.1, 0.15) is 27.8 Å². The van der Waals surface area contributed by atoms with Gasteiger partial charge >= 0.3 is 5.97 Å². The summed E-state index contributed by atoms with van der Waals surface area (Å²) >= 11 is 0. The normalized spacial score (nSPS) is 12.3. The van der Waals surface area contributed by atoms with Crippen molar-refractivity contribution in [2.45, 2.75) is 6.04 Å². The Kier molecular flexibility index (Phi) is 4.17. The van der Waals surface area contributed by atoms with Crippen molar-refractivity contribution in [1.29, 1.82) is 0 Å². The summed E-state index contributed by atoms with van der Waals surface area (Å²) in [6.45, 7) is 0. The smallest absolute Gasteiger partial charge is 0.341 e. The average molecular weight is 399 g/mol. The maximum Gasteiger partial charge on any atom is 0.341 e. The van der Waals surface area contributed by atoms with Crippen LogP contribution in [0, 0.1) is 0 Å². The molecule has 30 heavy (non-hydrogen) atoms. The van der Waals surface area contributed by atoms with Crippen molar-refractivity contribution in [3.05, 3.63) is 94.3 Å². The van der Waals surface area contributed by atoms with Crippen molar-refractivity contribution in [2.24, 2.45) is 0 Å². The van der Waals surface area contributed by atoms with E-state index in [0.29, 0.717) is 11.4 Å². The number of carbonyl (C=O) groups excluding carboxylic acids is 1. The van der Waals surface area contributed by atoms with Gasteiger partial charge in [0.2, 0.25) is 0 Å². The summed E-state index contributed by atoms with van der Waals surface area (Å²) in [4.78, 5) is 32.9. The van der Waals surface area contributed by atoms with Gasteiger partial charge in [-0.25, -0.2) is 14.9 Å². The highest BCUT2D eigenvalue weighted by atomic mass is 16.5. The van der Waals surface area contributed by atoms with Crippen LogP contribution in [0.4, 0.5) is 0 Å². The van der Waals surface area contributed by atoms with Crippen LogP contribution in [0.2, 0.25) is 0 Å². The molecule has 0 saturated heterocycles. The molecule has 5 rings (SSSR count). The molecule has 2 aliphatic heterocycles. The number of pyridine rings is 1. The van der Waals surface area contributed by atoms with Crippen LogP contribution in [0.25, 0.3) is 22.3 Å². The van der Waals surface area contributed by atoms with E-state index in [9.17, 15) is 9.59 Å². The number of nitrogens with one attached hydrogen (secondary N) is 2. The molecule has 148 valence electrons. The van der Waals surface area contributed by atoms with E-state index >= 15 is 0 Å². The Balaban J connectivity index is 1.79. The number of aromatic amines is 2. The first-order valence-corrected chi connectivity index (χ1v) is 9.33. The van der Waals surface area contributed by atoms with E-state index in [4.69, 9.17) is 9.72 Å². The first-order chi connectivity index (χ1) is 14.7. The SMILES string of the molecule is COC(=O)c1cn([C@H](c2ccccc2)c2nc3ccccc3[nH]2)cc2c(=O)[nH]nc1-2. The molecular formula is C22H17N5O3. The highest BCUT2D eigenvalue weighted by Crippen LogP contribution is 2.30. The van der Waals surface area contributed by atoms with Crippen molar-refractivity contribution >= 4 is 17.0 Å². The number of aromatic nitrogens is 5. The highest BCUT2D eigenvalue weighted by molar-refractivity contribution is 5.96. The minimum atomic E-state index is -0.572. The summed E-state index contributed by atoms with van der Waals surface area (Å²) in [7, 11) is 1.30. The molecule has 1 atom stereocenters. The molecule has 0 saturated carbocycles. The number of nitrogens with zero attached hydrogens (tertiary/aromatic N) is 3. The van der Waals surface area contributed by atoms with Gasteiger partial charge < -0.3 is 14.3 Å². The molecule has 8 heteroatoms. The largest absolute Gasteiger partial charge is 0.465 e. The predicted octanol–water partition coefficient (Wildman–Crippen LogP) is 2.98. The van der Waals surface area contributed by atoms with Gasteiger partial charge in [0.1, 0.15) is 23.1 Å². The van der Waals surface area contributed by atoms with E-state index in [2.05, 4.69) is 15.2 Å². The van der Waals surface area contributed by atoms with Crippen LogP contribution in [0.15, 0.2) is 71.8 Å². The van der Waals surface area contributed by atoms with E-state index in [1.165, 1.54) is 7.11 Å². The topological polar surface area (TPSA) is 106 Å². The van der Waals surface area contributed by atoms with Crippen LogP contribution in [-0.4, -0.2) is 37.8 Å². The summed E-state index contributed by atoms with van der Waals surface area (Å²) < 4.78 is 6.71. The summed E-state index contributed by atoms with van der Waals surface area (Å²) in [6, 6.07) is 17.1. The Labute approximate surface area is 170 Å². The van der Waals surface area contributed by atoms with Gasteiger partial charge in [-0.1, -0.05) is 42.5 Å². The number of imidazole rings is 1. The fourth-order valence-corrected chi connectivity index (χ4v) is 3.67. The van der Waals surface area contributed by atoms with Crippen molar-refractivity contribution in [3.8, 4) is 11.3 Å². The number of benzene rings is 2. The van der Waals surface area contributed by atoms with Crippen LogP contribution in [0.3, 0.4) is 0 Å². The van der Waals surface area contributed by atoms with E-state index in [-0.39, 0.29) is 16.8 Å². The first kappa shape index (κ1) is 17.9. The number of methoxy groups -OCH3 is 1. The quantitative estimate of drug-likeness (QED) is 0.452. The van der Waals surface area contributed by atoms with E-state index in [1.807, 2.05) is 54.6 Å². The lowest BCUT2D eigenvalue weighted by Crippen LogP contribution is -2.18. The standard InChI is InChI=1S/C22H17N5O3/c1-30-22(29)15-12-27(11-14-18(15)25-26-21(14)28)19(13-7-3-2-4-8-13)20-23-16-9-5-6-10-17(16)24-20/h2-12,19H,1H3,(H,23,24)(H,26,28)/t19-/m1/s1. The van der Waals surface area contributed by atoms with Gasteiger partial charge in [0, 0.05) is 12.4 Å². The van der Waals surface area contributed by atoms with Gasteiger partial charge in [-0.3, -0.25) is 4.79 Å². The maximum absolute atomic E-state index is 12.4. The fourth-order valence-electron chi connectivity index (χ4n) is 3.67. The minimum Gasteiger partial charge on any atom is -0.465 e. The molecule has 2 aliphatic rings. The number of carbonyl (C=O) groups is 1. The third kappa shape index (κ3) is 2.86. The number of fused-ring (bicyclic) bond motifs is 2. The number of ether oxygens (including phenoxy) is 1. The molecule has 0 amide bonds. The van der Waals surface area contributed by atoms with Crippen LogP contribution < -0.4 is 5.56 Å². The number of H-pyrrole nitrogens is 2. The summed E-state index contributed by atoms with van der Waals surface area (Å²) in [5.74, 6) is 0.107. The van der Waals surface area contributed by atoms with Gasteiger partial charge in [-0.15, -0.1) is 0 Å². The molecule has 3 heterocycles. The van der Waals surface area contributed by atoms with Gasteiger partial charge in [0.25, 0.3) is 5.56 Å². The molecule has 1 aromatic heterocycles. The monoisotopic (exact) mass is 399 g/mol. The third-order valence-corrected chi connectivity index (χ3v) is 5.07. The Morgan fingerprint density at radius 1 is 1.07 bits per heavy atom. The van der Waals surface area contributed by atoms with E-state index in [1.54, 1.807) is 17.0 Å². The summed E-state index contributed by atoms with van der Waals surface area (Å²) in [6.07, 6.45) is 3.32. The number of esters is 1. The van der Waals surface area contributed by atoms with Gasteiger partial charge in [-0.2, -0.15) is 5.10 Å². The molecule has 0 fully saturated rings. The van der Waals surface area contributed by atoms with Crippen molar-refractivity contribution in [2.75, 3.05) is 7.11 Å². The van der Waals surface area contributed by atoms with Gasteiger partial charge in [0.15, 0.2) is 0 Å². The number of hydrogen-bond donors (Lipinski definition) is 2. The number of hydrogen-bond acceptors (Lipinski definition) is 5. The van der Waals surface area contributed by atoms with Crippen LogP contribution in [-0.2, 0) is 4.74 Å². The van der Waals surface area contributed by atoms with Crippen LogP contribution >= 0.6 is 0 Å². The van der Waals surface area contributed by atoms with Crippen molar-refractivity contribution in [3.63, 3.8) is 0 Å². The first-order valence-electron chi connectivity index (χ1n) is 9.33. The Hall–Kier alpha value is -4.20. The lowest BCUT2D eigenvalue weighted by molar-refractivity contribution is 0.0600. The second-order valence-electron chi connectivity index (χ2n) is 6.88. The van der Waals surface area contributed by atoms with Crippen molar-refractivity contribution in [1.82, 2.24) is 24.7 Å². The highest BCUT2D eigenvalue weighted by Gasteiger charge is 2.26. The minimum absolute atomic E-state index is 0.199. The second kappa shape index (κ2) is 7.00. The molecule has 2 N–H and O–H groups in total. The zero-order valence-corrected chi connectivity index (χ0v) is 16.0. The predicted molar refractivity (Wildman–Crippen MR) is 111 cm³/mol. The van der Waals surface area contributed by atoms with Gasteiger partial charge in [0.05, 0.1) is 23.7 Å². The number of para-hydroxylation sites is 2. The molecule has 2 aromatic carbocycles. The molecule has 0 bridgehead atoms. The molecule has 0 aliphatic carbocycles. The number of rotatable bonds is 4. The van der Waals surface area contributed by atoms with Gasteiger partial charge in [-0.05, 0) is 17.7 Å². The Morgan fingerprint density at radius 2 is 1.83 bits per heavy atom. The molecule has 0 spiro atoms. The Morgan fingerprint density at radius 3 is 2.60 bits per heavy atom. The summed E-state index contributed by atoms with van der Waals surface area (Å²) in [5, 5.41) is 6.41. The zero-order valence-electron chi connectivity index (χ0n) is 16.0. The molecule has 8 nitrogen and oxygen atoms in total. The summed E-state index contributed by atoms with van der Waals surface area (Å²) in [5.41, 5.74) is 3.07. The van der Waals surface area contributed by atoms with Crippen molar-refractivity contribution < 1.29 is 9.53 Å². The third-order valence-electron chi connectivity index (χ3n) is 5.07. The molecular weight excluding hydrogens is 382 g/mol. The van der Waals surface area contributed by atoms with E-state index in [0.717, 1.165) is 16.6 Å². The average Bonchev–Trinajstić information content (AvgIpc) is 3.37.